The van der Waals surface area contributed by atoms with Crippen LogP contribution in [-0.2, 0) is 9.84 Å². The minimum atomic E-state index is -3.93. The van der Waals surface area contributed by atoms with Crippen molar-refractivity contribution < 1.29 is 18.5 Å². The van der Waals surface area contributed by atoms with Crippen molar-refractivity contribution in [2.24, 2.45) is 5.16 Å². The Hall–Kier alpha value is -1.15. The van der Waals surface area contributed by atoms with Gasteiger partial charge in [0.25, 0.3) is 5.70 Å². The molecular formula is C4H3ClN2O5S. The molecule has 0 aromatic carbocycles. The molecule has 0 atom stereocenters. The lowest BCUT2D eigenvalue weighted by molar-refractivity contribution is -0.423. The first-order valence-electron chi connectivity index (χ1n) is 2.88. The van der Waals surface area contributed by atoms with Gasteiger partial charge < -0.3 is 5.21 Å². The summed E-state index contributed by atoms with van der Waals surface area (Å²) in [5.41, 5.74) is -0.672. The van der Waals surface area contributed by atoms with Gasteiger partial charge in [0.2, 0.25) is 14.9 Å². The van der Waals surface area contributed by atoms with Crippen LogP contribution in [0.4, 0.5) is 0 Å². The first kappa shape index (κ1) is 9.93. The molecule has 1 aliphatic heterocycles. The van der Waals surface area contributed by atoms with Gasteiger partial charge in [-0.05, 0) is 0 Å². The zero-order valence-corrected chi connectivity index (χ0v) is 7.54. The van der Waals surface area contributed by atoms with E-state index in [4.69, 9.17) is 16.8 Å². The number of halogens is 1. The summed E-state index contributed by atoms with van der Waals surface area (Å²) in [6, 6.07) is 0. The van der Waals surface area contributed by atoms with Crippen molar-refractivity contribution in [2.45, 2.75) is 0 Å². The van der Waals surface area contributed by atoms with E-state index in [1.807, 2.05) is 0 Å². The molecule has 13 heavy (non-hydrogen) atoms. The molecule has 0 bridgehead atoms. The molecule has 0 unspecified atom stereocenters. The van der Waals surface area contributed by atoms with Crippen LogP contribution in [0.15, 0.2) is 15.9 Å². The molecule has 1 heterocycles. The van der Waals surface area contributed by atoms with E-state index in [0.717, 1.165) is 0 Å². The van der Waals surface area contributed by atoms with E-state index in [-0.39, 0.29) is 0 Å². The van der Waals surface area contributed by atoms with E-state index in [9.17, 15) is 18.5 Å². The number of nitro groups is 1. The van der Waals surface area contributed by atoms with Crippen molar-refractivity contribution in [3.8, 4) is 0 Å². The van der Waals surface area contributed by atoms with Crippen LogP contribution in [0.5, 0.6) is 0 Å². The minimum Gasteiger partial charge on any atom is -0.410 e. The Bertz CT molecular complexity index is 422. The van der Waals surface area contributed by atoms with Crippen molar-refractivity contribution in [3.05, 3.63) is 20.8 Å². The highest BCUT2D eigenvalue weighted by Gasteiger charge is 2.42. The highest BCUT2D eigenvalue weighted by Crippen LogP contribution is 2.25. The topological polar surface area (TPSA) is 110 Å². The second-order valence-corrected chi connectivity index (χ2v) is 4.46. The van der Waals surface area contributed by atoms with E-state index in [2.05, 4.69) is 5.16 Å². The van der Waals surface area contributed by atoms with Gasteiger partial charge in [0.05, 0.1) is 4.92 Å². The predicted octanol–water partition coefficient (Wildman–Crippen LogP) is -0.0704. The summed E-state index contributed by atoms with van der Waals surface area (Å²) in [7, 11) is -3.93. The molecule has 0 aliphatic carbocycles. The van der Waals surface area contributed by atoms with Gasteiger partial charge in [-0.25, -0.2) is 8.42 Å². The lowest BCUT2D eigenvalue weighted by Gasteiger charge is -1.89. The van der Waals surface area contributed by atoms with E-state index in [0.29, 0.717) is 0 Å². The van der Waals surface area contributed by atoms with Crippen molar-refractivity contribution in [1.29, 1.82) is 0 Å². The molecule has 0 spiro atoms. The molecule has 0 aromatic heterocycles. The first-order valence-corrected chi connectivity index (χ1v) is 4.91. The smallest absolute Gasteiger partial charge is 0.283 e. The average Bonchev–Trinajstić information content (AvgIpc) is 2.22. The van der Waals surface area contributed by atoms with Gasteiger partial charge in [-0.2, -0.15) is 0 Å². The lowest BCUT2D eigenvalue weighted by atomic mass is 10.5. The van der Waals surface area contributed by atoms with Crippen molar-refractivity contribution in [1.82, 2.24) is 0 Å². The van der Waals surface area contributed by atoms with Crippen LogP contribution in [0.2, 0.25) is 0 Å². The normalized spacial score (nSPS) is 23.9. The van der Waals surface area contributed by atoms with Gasteiger partial charge in [-0.3, -0.25) is 10.1 Å². The van der Waals surface area contributed by atoms with E-state index in [1.54, 1.807) is 0 Å². The van der Waals surface area contributed by atoms with E-state index < -0.39 is 36.3 Å². The Morgan fingerprint density at radius 2 is 2.15 bits per heavy atom. The monoisotopic (exact) mass is 226 g/mol. The number of oxime groups is 1. The summed E-state index contributed by atoms with van der Waals surface area (Å²) in [6.45, 7) is 0. The van der Waals surface area contributed by atoms with Gasteiger partial charge in [-0.15, -0.1) is 0 Å². The quantitative estimate of drug-likeness (QED) is 0.382. The molecule has 0 amide bonds. The first-order chi connectivity index (χ1) is 5.90. The predicted molar refractivity (Wildman–Crippen MR) is 42.9 cm³/mol. The fraction of sp³-hybridized carbons (Fsp3) is 0.250. The number of rotatable bonds is 1. The fourth-order valence-electron chi connectivity index (χ4n) is 0.811. The Morgan fingerprint density at radius 1 is 1.62 bits per heavy atom. The Kier molecular flexibility index (Phi) is 2.26. The van der Waals surface area contributed by atoms with Crippen LogP contribution in [0.1, 0.15) is 0 Å². The van der Waals surface area contributed by atoms with Crippen LogP contribution in [0, 0.1) is 10.1 Å². The number of hydrogen-bond donors (Lipinski definition) is 1. The fourth-order valence-corrected chi connectivity index (χ4v) is 2.68. The highest BCUT2D eigenvalue weighted by molar-refractivity contribution is 8.07. The molecule has 0 saturated heterocycles. The van der Waals surface area contributed by atoms with Crippen molar-refractivity contribution in [2.75, 3.05) is 5.75 Å². The third-order valence-electron chi connectivity index (χ3n) is 1.37. The highest BCUT2D eigenvalue weighted by atomic mass is 35.5. The number of nitrogens with zero attached hydrogens (tertiary/aromatic N) is 2. The second-order valence-electron chi connectivity index (χ2n) is 2.18. The van der Waals surface area contributed by atoms with Gasteiger partial charge in [0.15, 0.2) is 5.03 Å². The van der Waals surface area contributed by atoms with Gasteiger partial charge in [0, 0.05) is 0 Å². The summed E-state index contributed by atoms with van der Waals surface area (Å²) in [4.78, 5) is 9.30. The summed E-state index contributed by atoms with van der Waals surface area (Å²) in [6.07, 6.45) is 0. The molecule has 0 radical (unpaired) electrons. The molecule has 72 valence electrons. The number of sulfone groups is 1. The Balaban J connectivity index is 3.34. The van der Waals surface area contributed by atoms with Crippen LogP contribution in [-0.4, -0.2) is 29.3 Å². The van der Waals surface area contributed by atoms with E-state index in [1.165, 1.54) is 0 Å². The molecule has 1 N–H and O–H groups in total. The number of hydrogen-bond acceptors (Lipinski definition) is 6. The Morgan fingerprint density at radius 3 is 2.38 bits per heavy atom. The average molecular weight is 227 g/mol. The lowest BCUT2D eigenvalue weighted by Crippen LogP contribution is -2.12. The van der Waals surface area contributed by atoms with E-state index >= 15 is 0 Å². The standard InChI is InChI=1S/C4H3ClN2O5S/c5-3-2(7(9)10)1-13(11,12)4(3)6-8/h8H,1H2/b6-4+. The summed E-state index contributed by atoms with van der Waals surface area (Å²) in [5, 5.41) is 19.4. The van der Waals surface area contributed by atoms with Crippen LogP contribution >= 0.6 is 11.6 Å². The Labute approximate surface area is 77.4 Å². The van der Waals surface area contributed by atoms with Crippen LogP contribution < -0.4 is 0 Å². The van der Waals surface area contributed by atoms with Gasteiger partial charge in [0.1, 0.15) is 5.75 Å². The molecule has 0 saturated carbocycles. The molecule has 0 fully saturated rings. The maximum atomic E-state index is 11.0. The van der Waals surface area contributed by atoms with Gasteiger partial charge >= 0.3 is 0 Å². The maximum absolute atomic E-state index is 11.0. The van der Waals surface area contributed by atoms with Gasteiger partial charge in [-0.1, -0.05) is 16.8 Å². The zero-order valence-electron chi connectivity index (χ0n) is 5.97. The summed E-state index contributed by atoms with van der Waals surface area (Å²) >= 11 is 5.29. The SMILES string of the molecule is O=[N+]([O-])C1=C(Cl)/C(=N\O)S(=O)(=O)C1. The van der Waals surface area contributed by atoms with Crippen molar-refractivity contribution >= 4 is 26.5 Å². The largest absolute Gasteiger partial charge is 0.410 e. The molecular weight excluding hydrogens is 224 g/mol. The van der Waals surface area contributed by atoms with Crippen LogP contribution in [0.3, 0.4) is 0 Å². The minimum absolute atomic E-state index is 0.632. The molecule has 0 aromatic rings. The molecule has 1 aliphatic rings. The van der Waals surface area contributed by atoms with Crippen LogP contribution in [0.25, 0.3) is 0 Å². The molecule has 7 nitrogen and oxygen atoms in total. The van der Waals surface area contributed by atoms with Crippen molar-refractivity contribution in [3.63, 3.8) is 0 Å². The zero-order chi connectivity index (χ0) is 10.2. The molecule has 1 rings (SSSR count). The summed E-state index contributed by atoms with van der Waals surface area (Å²) < 4.78 is 22.0. The maximum Gasteiger partial charge on any atom is 0.283 e. The second kappa shape index (κ2) is 2.96. The third kappa shape index (κ3) is 1.49. The molecule has 9 heteroatoms. The third-order valence-corrected chi connectivity index (χ3v) is 3.41. The summed E-state index contributed by atoms with van der Waals surface area (Å²) in [5.74, 6) is -0.835.